The summed E-state index contributed by atoms with van der Waals surface area (Å²) in [6.07, 6.45) is 3.57. The summed E-state index contributed by atoms with van der Waals surface area (Å²) in [5.74, 6) is 0.199. The minimum absolute atomic E-state index is 0.199. The van der Waals surface area contributed by atoms with E-state index >= 15 is 0 Å². The lowest BCUT2D eigenvalue weighted by Crippen LogP contribution is -2.44. The van der Waals surface area contributed by atoms with Gasteiger partial charge in [0.2, 0.25) is 0 Å². The van der Waals surface area contributed by atoms with Crippen LogP contribution in [0.2, 0.25) is 0 Å². The first kappa shape index (κ1) is 13.1. The molecule has 1 aliphatic carbocycles. The maximum absolute atomic E-state index is 12.7. The van der Waals surface area contributed by atoms with E-state index in [1.54, 1.807) is 11.3 Å². The van der Waals surface area contributed by atoms with E-state index in [9.17, 15) is 4.79 Å². The molecule has 4 heteroatoms. The van der Waals surface area contributed by atoms with Gasteiger partial charge in [-0.3, -0.25) is 4.79 Å². The zero-order valence-corrected chi connectivity index (χ0v) is 13.0. The van der Waals surface area contributed by atoms with Crippen LogP contribution in [-0.2, 0) is 0 Å². The average Bonchev–Trinajstić information content (AvgIpc) is 2.79. The molecule has 19 heavy (non-hydrogen) atoms. The third-order valence-electron chi connectivity index (χ3n) is 3.74. The van der Waals surface area contributed by atoms with E-state index in [0.29, 0.717) is 6.04 Å². The standard InChI is InChI=1S/C15H16BrNOS/c16-8-9-17(12-5-3-6-12)15(18)14-10-11-4-1-2-7-13(11)19-14/h1-2,4,7,10,12H,3,5-6,8-9H2. The van der Waals surface area contributed by atoms with E-state index in [1.807, 2.05) is 23.1 Å². The van der Waals surface area contributed by atoms with Crippen LogP contribution in [0, 0.1) is 0 Å². The molecule has 0 aliphatic heterocycles. The Kier molecular flexibility index (Phi) is 3.89. The van der Waals surface area contributed by atoms with Crippen molar-refractivity contribution in [1.82, 2.24) is 4.90 Å². The van der Waals surface area contributed by atoms with Crippen molar-refractivity contribution >= 4 is 43.3 Å². The molecule has 1 aromatic heterocycles. The molecular weight excluding hydrogens is 322 g/mol. The largest absolute Gasteiger partial charge is 0.334 e. The van der Waals surface area contributed by atoms with Gasteiger partial charge in [0.1, 0.15) is 0 Å². The van der Waals surface area contributed by atoms with Gasteiger partial charge in [-0.05, 0) is 36.8 Å². The molecule has 100 valence electrons. The Bertz CT molecular complexity index is 558. The zero-order valence-electron chi connectivity index (χ0n) is 10.6. The number of fused-ring (bicyclic) bond motifs is 1. The van der Waals surface area contributed by atoms with Gasteiger partial charge in [0.25, 0.3) is 5.91 Å². The molecule has 0 radical (unpaired) electrons. The number of halogens is 1. The van der Waals surface area contributed by atoms with Gasteiger partial charge in [-0.25, -0.2) is 0 Å². The smallest absolute Gasteiger partial charge is 0.264 e. The maximum atomic E-state index is 12.7. The molecule has 1 heterocycles. The Morgan fingerprint density at radius 3 is 2.79 bits per heavy atom. The van der Waals surface area contributed by atoms with Crippen molar-refractivity contribution in [2.75, 3.05) is 11.9 Å². The fourth-order valence-corrected chi connectivity index (χ4v) is 3.87. The number of hydrogen-bond donors (Lipinski definition) is 0. The van der Waals surface area contributed by atoms with E-state index < -0.39 is 0 Å². The van der Waals surface area contributed by atoms with Gasteiger partial charge in [-0.1, -0.05) is 34.1 Å². The molecule has 0 saturated heterocycles. The SMILES string of the molecule is O=C(c1cc2ccccc2s1)N(CCBr)C1CCC1. The topological polar surface area (TPSA) is 20.3 Å². The molecule has 1 saturated carbocycles. The molecular formula is C15H16BrNOS. The van der Waals surface area contributed by atoms with Crippen molar-refractivity contribution < 1.29 is 4.79 Å². The quantitative estimate of drug-likeness (QED) is 0.762. The first-order chi connectivity index (χ1) is 9.29. The van der Waals surface area contributed by atoms with Crippen molar-refractivity contribution in [3.63, 3.8) is 0 Å². The molecule has 1 aromatic carbocycles. The highest BCUT2D eigenvalue weighted by Gasteiger charge is 2.29. The number of hydrogen-bond acceptors (Lipinski definition) is 2. The van der Waals surface area contributed by atoms with Gasteiger partial charge < -0.3 is 4.90 Å². The van der Waals surface area contributed by atoms with Crippen LogP contribution in [0.15, 0.2) is 30.3 Å². The fourth-order valence-electron chi connectivity index (χ4n) is 2.47. The highest BCUT2D eigenvalue weighted by atomic mass is 79.9. The number of carbonyl (C=O) groups is 1. The van der Waals surface area contributed by atoms with Gasteiger partial charge in [0.05, 0.1) is 4.88 Å². The molecule has 1 aliphatic rings. The van der Waals surface area contributed by atoms with E-state index in [4.69, 9.17) is 0 Å². The number of carbonyl (C=O) groups excluding carboxylic acids is 1. The van der Waals surface area contributed by atoms with E-state index in [0.717, 1.165) is 29.6 Å². The summed E-state index contributed by atoms with van der Waals surface area (Å²) in [6.45, 7) is 0.803. The predicted octanol–water partition coefficient (Wildman–Crippen LogP) is 4.29. The molecule has 0 atom stereocenters. The van der Waals surface area contributed by atoms with Crippen LogP contribution in [0.25, 0.3) is 10.1 Å². The molecule has 0 N–H and O–H groups in total. The number of thiophene rings is 1. The lowest BCUT2D eigenvalue weighted by Gasteiger charge is -2.37. The Labute approximate surface area is 125 Å². The van der Waals surface area contributed by atoms with Gasteiger partial charge in [0.15, 0.2) is 0 Å². The highest BCUT2D eigenvalue weighted by Crippen LogP contribution is 2.30. The van der Waals surface area contributed by atoms with Crippen molar-refractivity contribution in [3.8, 4) is 0 Å². The van der Waals surface area contributed by atoms with Crippen LogP contribution in [0.5, 0.6) is 0 Å². The minimum atomic E-state index is 0.199. The summed E-state index contributed by atoms with van der Waals surface area (Å²) in [6, 6.07) is 10.7. The highest BCUT2D eigenvalue weighted by molar-refractivity contribution is 9.09. The molecule has 1 fully saturated rings. The second kappa shape index (κ2) is 5.63. The van der Waals surface area contributed by atoms with Crippen LogP contribution in [0.1, 0.15) is 28.9 Å². The maximum Gasteiger partial charge on any atom is 0.264 e. The Hall–Kier alpha value is -0.870. The first-order valence-electron chi connectivity index (χ1n) is 6.65. The monoisotopic (exact) mass is 337 g/mol. The number of rotatable bonds is 4. The van der Waals surface area contributed by atoms with Crippen molar-refractivity contribution in [2.45, 2.75) is 25.3 Å². The third-order valence-corrected chi connectivity index (χ3v) is 5.20. The summed E-state index contributed by atoms with van der Waals surface area (Å²) in [5, 5.41) is 2.02. The summed E-state index contributed by atoms with van der Waals surface area (Å²) in [5.41, 5.74) is 0. The molecule has 0 unspecified atom stereocenters. The van der Waals surface area contributed by atoms with Gasteiger partial charge in [0, 0.05) is 22.6 Å². The van der Waals surface area contributed by atoms with Crippen molar-refractivity contribution in [1.29, 1.82) is 0 Å². The fraction of sp³-hybridized carbons (Fsp3) is 0.400. The van der Waals surface area contributed by atoms with E-state index in [1.165, 1.54) is 16.5 Å². The zero-order chi connectivity index (χ0) is 13.2. The van der Waals surface area contributed by atoms with Crippen molar-refractivity contribution in [3.05, 3.63) is 35.2 Å². The third kappa shape index (κ3) is 2.56. The Morgan fingerprint density at radius 1 is 1.37 bits per heavy atom. The molecule has 3 rings (SSSR count). The number of nitrogens with zero attached hydrogens (tertiary/aromatic N) is 1. The van der Waals surface area contributed by atoms with Crippen LogP contribution in [0.3, 0.4) is 0 Å². The lowest BCUT2D eigenvalue weighted by atomic mass is 9.91. The first-order valence-corrected chi connectivity index (χ1v) is 8.59. The Morgan fingerprint density at radius 2 is 2.16 bits per heavy atom. The summed E-state index contributed by atoms with van der Waals surface area (Å²) < 4.78 is 1.19. The van der Waals surface area contributed by atoms with Crippen LogP contribution in [-0.4, -0.2) is 28.7 Å². The number of amides is 1. The predicted molar refractivity (Wildman–Crippen MR) is 84.3 cm³/mol. The van der Waals surface area contributed by atoms with Crippen LogP contribution >= 0.6 is 27.3 Å². The van der Waals surface area contributed by atoms with Gasteiger partial charge >= 0.3 is 0 Å². The van der Waals surface area contributed by atoms with E-state index in [2.05, 4.69) is 28.1 Å². The Balaban J connectivity index is 1.87. The van der Waals surface area contributed by atoms with Crippen LogP contribution < -0.4 is 0 Å². The normalized spacial score (nSPS) is 15.4. The minimum Gasteiger partial charge on any atom is -0.334 e. The summed E-state index contributed by atoms with van der Waals surface area (Å²) >= 11 is 5.06. The van der Waals surface area contributed by atoms with Gasteiger partial charge in [-0.15, -0.1) is 11.3 Å². The molecule has 2 aromatic rings. The number of alkyl halides is 1. The lowest BCUT2D eigenvalue weighted by molar-refractivity contribution is 0.0604. The average molecular weight is 338 g/mol. The molecule has 0 spiro atoms. The second-order valence-electron chi connectivity index (χ2n) is 4.92. The molecule has 2 nitrogen and oxygen atoms in total. The molecule has 0 bridgehead atoms. The van der Waals surface area contributed by atoms with E-state index in [-0.39, 0.29) is 5.91 Å². The molecule has 1 amide bonds. The summed E-state index contributed by atoms with van der Waals surface area (Å²) in [7, 11) is 0. The van der Waals surface area contributed by atoms with Gasteiger partial charge in [-0.2, -0.15) is 0 Å². The second-order valence-corrected chi connectivity index (χ2v) is 6.80. The number of benzene rings is 1. The van der Waals surface area contributed by atoms with Crippen LogP contribution in [0.4, 0.5) is 0 Å². The summed E-state index contributed by atoms with van der Waals surface area (Å²) in [4.78, 5) is 15.6. The van der Waals surface area contributed by atoms with Crippen molar-refractivity contribution in [2.24, 2.45) is 0 Å².